The van der Waals surface area contributed by atoms with Crippen LogP contribution in [0.2, 0.25) is 20.1 Å². The first kappa shape index (κ1) is 20.7. The number of amides is 1. The van der Waals surface area contributed by atoms with Crippen molar-refractivity contribution in [1.29, 1.82) is 0 Å². The van der Waals surface area contributed by atoms with E-state index in [1.807, 2.05) is 0 Å². The van der Waals surface area contributed by atoms with Gasteiger partial charge >= 0.3 is 6.09 Å². The quantitative estimate of drug-likeness (QED) is 0.200. The van der Waals surface area contributed by atoms with Gasteiger partial charge in [-0.1, -0.05) is 63.7 Å². The Morgan fingerprint density at radius 2 is 1.61 bits per heavy atom. The normalized spacial score (nSPS) is 11.4. The maximum absolute atomic E-state index is 12.1. The second kappa shape index (κ2) is 8.98. The summed E-state index contributed by atoms with van der Waals surface area (Å²) < 4.78 is 4.23. The number of benzene rings is 2. The highest BCUT2D eigenvalue weighted by Crippen LogP contribution is 2.38. The van der Waals surface area contributed by atoms with Gasteiger partial charge in [-0.25, -0.2) is 4.79 Å². The largest absolute Gasteiger partial charge is 0.438 e. The van der Waals surface area contributed by atoms with Gasteiger partial charge in [0.25, 0.3) is 0 Å². The van der Waals surface area contributed by atoms with Gasteiger partial charge in [0.1, 0.15) is 5.69 Å². The van der Waals surface area contributed by atoms with E-state index >= 15 is 0 Å². The van der Waals surface area contributed by atoms with Crippen molar-refractivity contribution in [3.05, 3.63) is 67.4 Å². The molecular formula is C17H10Cl4N4O2S. The standard InChI is InChI=1S/C17H10Cl4N4O2S/c18-8-3-1-4-9(19)13(8)15-12(7-28-25-15)23-17(26)27-24-16(22)14-10(20)5-2-6-11(14)21/h1-7H,(H2,22,24)(H,23,26). The van der Waals surface area contributed by atoms with Crippen molar-refractivity contribution in [3.63, 3.8) is 0 Å². The number of carbonyl (C=O) groups excluding carboxylic acids is 1. The van der Waals surface area contributed by atoms with E-state index in [4.69, 9.17) is 57.0 Å². The molecule has 0 saturated heterocycles. The maximum Gasteiger partial charge on any atom is 0.438 e. The topological polar surface area (TPSA) is 89.6 Å². The van der Waals surface area contributed by atoms with E-state index in [1.54, 1.807) is 41.8 Å². The first-order valence-electron chi connectivity index (χ1n) is 7.53. The van der Waals surface area contributed by atoms with Crippen molar-refractivity contribution in [1.82, 2.24) is 4.37 Å². The minimum Gasteiger partial charge on any atom is -0.380 e. The number of nitrogens with two attached hydrogens (primary N) is 1. The summed E-state index contributed by atoms with van der Waals surface area (Å²) in [6, 6.07) is 9.87. The second-order valence-corrected chi connectivity index (χ2v) is 7.51. The zero-order valence-electron chi connectivity index (χ0n) is 13.7. The summed E-state index contributed by atoms with van der Waals surface area (Å²) in [5.74, 6) is -0.149. The zero-order chi connectivity index (χ0) is 20.3. The van der Waals surface area contributed by atoms with Crippen LogP contribution in [0.25, 0.3) is 11.3 Å². The summed E-state index contributed by atoms with van der Waals surface area (Å²) in [6.45, 7) is 0. The molecule has 0 fully saturated rings. The van der Waals surface area contributed by atoms with Gasteiger partial charge in [0.15, 0.2) is 5.84 Å². The molecule has 28 heavy (non-hydrogen) atoms. The Labute approximate surface area is 184 Å². The van der Waals surface area contributed by atoms with Gasteiger partial charge in [-0.15, -0.1) is 0 Å². The zero-order valence-corrected chi connectivity index (χ0v) is 17.6. The summed E-state index contributed by atoms with van der Waals surface area (Å²) in [5, 5.41) is 9.04. The van der Waals surface area contributed by atoms with Crippen LogP contribution >= 0.6 is 57.9 Å². The van der Waals surface area contributed by atoms with E-state index in [1.165, 1.54) is 0 Å². The monoisotopic (exact) mass is 474 g/mol. The summed E-state index contributed by atoms with van der Waals surface area (Å²) in [5.41, 5.74) is 7.33. The number of hydrogen-bond donors (Lipinski definition) is 2. The van der Waals surface area contributed by atoms with Gasteiger partial charge in [-0.2, -0.15) is 4.37 Å². The smallest absolute Gasteiger partial charge is 0.380 e. The van der Waals surface area contributed by atoms with Gasteiger partial charge in [-0.3, -0.25) is 10.2 Å². The van der Waals surface area contributed by atoms with Gasteiger partial charge in [0.05, 0.1) is 31.3 Å². The Bertz CT molecular complexity index is 1030. The fraction of sp³-hybridized carbons (Fsp3) is 0. The number of halogens is 4. The van der Waals surface area contributed by atoms with Crippen LogP contribution < -0.4 is 11.1 Å². The molecule has 3 N–H and O–H groups in total. The number of aromatic nitrogens is 1. The van der Waals surface area contributed by atoms with E-state index < -0.39 is 6.09 Å². The number of nitrogens with zero attached hydrogens (tertiary/aromatic N) is 2. The molecule has 2 aromatic carbocycles. The van der Waals surface area contributed by atoms with Crippen molar-refractivity contribution in [2.24, 2.45) is 10.9 Å². The minimum absolute atomic E-state index is 0.149. The summed E-state index contributed by atoms with van der Waals surface area (Å²) in [6.07, 6.45) is -0.893. The van der Waals surface area contributed by atoms with Crippen LogP contribution in [0.3, 0.4) is 0 Å². The molecule has 1 amide bonds. The van der Waals surface area contributed by atoms with E-state index in [2.05, 4.69) is 14.8 Å². The van der Waals surface area contributed by atoms with Crippen LogP contribution in [0.1, 0.15) is 5.56 Å². The highest BCUT2D eigenvalue weighted by atomic mass is 35.5. The number of rotatable bonds is 4. The fourth-order valence-electron chi connectivity index (χ4n) is 2.24. The number of oxime groups is 1. The Hall–Kier alpha value is -2.03. The average molecular weight is 476 g/mol. The Morgan fingerprint density at radius 1 is 1.04 bits per heavy atom. The van der Waals surface area contributed by atoms with Crippen LogP contribution in [-0.4, -0.2) is 16.3 Å². The van der Waals surface area contributed by atoms with Crippen LogP contribution in [0.15, 0.2) is 46.9 Å². The molecule has 6 nitrogen and oxygen atoms in total. The first-order valence-corrected chi connectivity index (χ1v) is 9.88. The number of carbonyl (C=O) groups is 1. The fourth-order valence-corrected chi connectivity index (χ4v) is 4.03. The van der Waals surface area contributed by atoms with Gasteiger partial charge in [0.2, 0.25) is 0 Å². The molecule has 0 bridgehead atoms. The Morgan fingerprint density at radius 3 is 2.21 bits per heavy atom. The molecule has 0 unspecified atom stereocenters. The molecule has 1 heterocycles. The molecule has 3 aromatic rings. The van der Waals surface area contributed by atoms with Crippen molar-refractivity contribution >= 4 is 75.6 Å². The summed E-state index contributed by atoms with van der Waals surface area (Å²) >= 11 is 25.6. The molecule has 0 spiro atoms. The minimum atomic E-state index is -0.893. The molecule has 144 valence electrons. The molecule has 0 radical (unpaired) electrons. The molecule has 0 aliphatic heterocycles. The van der Waals surface area contributed by atoms with Crippen molar-refractivity contribution in [2.75, 3.05) is 5.32 Å². The van der Waals surface area contributed by atoms with Crippen LogP contribution in [-0.2, 0) is 4.84 Å². The predicted molar refractivity (Wildman–Crippen MR) is 115 cm³/mol. The Kier molecular flexibility index (Phi) is 6.64. The lowest BCUT2D eigenvalue weighted by molar-refractivity contribution is 0.166. The van der Waals surface area contributed by atoms with Gasteiger partial charge in [0, 0.05) is 10.9 Å². The lowest BCUT2D eigenvalue weighted by atomic mass is 10.1. The number of hydrogen-bond acceptors (Lipinski definition) is 5. The van der Waals surface area contributed by atoms with Crippen LogP contribution in [0, 0.1) is 0 Å². The Balaban J connectivity index is 1.78. The third-order valence-electron chi connectivity index (χ3n) is 3.45. The average Bonchev–Trinajstić information content (AvgIpc) is 3.07. The van der Waals surface area contributed by atoms with Crippen molar-refractivity contribution < 1.29 is 9.63 Å². The second-order valence-electron chi connectivity index (χ2n) is 5.25. The molecule has 0 aliphatic carbocycles. The molecule has 0 saturated carbocycles. The molecule has 11 heteroatoms. The first-order chi connectivity index (χ1) is 13.4. The SMILES string of the molecule is NC(=NOC(=O)Nc1csnc1-c1c(Cl)cccc1Cl)c1c(Cl)cccc1Cl. The lowest BCUT2D eigenvalue weighted by Crippen LogP contribution is -2.18. The highest BCUT2D eigenvalue weighted by Gasteiger charge is 2.18. The summed E-state index contributed by atoms with van der Waals surface area (Å²) in [4.78, 5) is 16.9. The molecule has 1 aromatic heterocycles. The highest BCUT2D eigenvalue weighted by molar-refractivity contribution is 7.04. The lowest BCUT2D eigenvalue weighted by Gasteiger charge is -2.08. The summed E-state index contributed by atoms with van der Waals surface area (Å²) in [7, 11) is 0. The molecule has 0 aliphatic rings. The van der Waals surface area contributed by atoms with Crippen molar-refractivity contribution in [2.45, 2.75) is 0 Å². The number of anilines is 1. The third kappa shape index (κ3) is 4.51. The third-order valence-corrected chi connectivity index (χ3v) is 5.34. The number of amidine groups is 1. The van der Waals surface area contributed by atoms with E-state index in [-0.39, 0.29) is 21.4 Å². The van der Waals surface area contributed by atoms with Crippen LogP contribution in [0.5, 0.6) is 0 Å². The van der Waals surface area contributed by atoms with E-state index in [0.717, 1.165) is 11.5 Å². The maximum atomic E-state index is 12.1. The number of nitrogens with one attached hydrogen (secondary N) is 1. The van der Waals surface area contributed by atoms with Crippen LogP contribution in [0.4, 0.5) is 10.5 Å². The van der Waals surface area contributed by atoms with Crippen molar-refractivity contribution in [3.8, 4) is 11.3 Å². The van der Waals surface area contributed by atoms with E-state index in [9.17, 15) is 4.79 Å². The predicted octanol–water partition coefficient (Wildman–Crippen LogP) is 6.29. The van der Waals surface area contributed by atoms with E-state index in [0.29, 0.717) is 27.0 Å². The molecular weight excluding hydrogens is 466 g/mol. The molecule has 3 rings (SSSR count). The van der Waals surface area contributed by atoms with Gasteiger partial charge < -0.3 is 5.73 Å². The molecule has 0 atom stereocenters. The van der Waals surface area contributed by atoms with Gasteiger partial charge in [-0.05, 0) is 35.8 Å².